The average molecular weight is 289 g/mol. The van der Waals surface area contributed by atoms with Gasteiger partial charge in [0.05, 0.1) is 0 Å². The highest BCUT2D eigenvalue weighted by Crippen LogP contribution is 2.30. The van der Waals surface area contributed by atoms with Crippen molar-refractivity contribution in [3.8, 4) is 0 Å². The molecule has 0 aromatic carbocycles. The number of nitrogens with zero attached hydrogens (tertiary/aromatic N) is 1. The molecule has 0 amide bonds. The maximum Gasteiger partial charge on any atom is 0.347 e. The Morgan fingerprint density at radius 1 is 1.56 bits per heavy atom. The minimum atomic E-state index is -3.68. The lowest BCUT2D eigenvalue weighted by molar-refractivity contribution is 0.0698. The summed E-state index contributed by atoms with van der Waals surface area (Å²) in [4.78, 5) is 10.8. The molecule has 1 fully saturated rings. The minimum Gasteiger partial charge on any atom is -0.477 e. The van der Waals surface area contributed by atoms with E-state index in [-0.39, 0.29) is 9.77 Å². The Morgan fingerprint density at radius 2 is 2.22 bits per heavy atom. The first-order valence-electron chi connectivity index (χ1n) is 5.70. The molecule has 0 bridgehead atoms. The molecule has 0 radical (unpaired) electrons. The molecule has 1 aliphatic carbocycles. The van der Waals surface area contributed by atoms with Crippen molar-refractivity contribution >= 4 is 27.3 Å². The van der Waals surface area contributed by atoms with Crippen molar-refractivity contribution in [2.45, 2.75) is 24.2 Å². The van der Waals surface area contributed by atoms with Crippen molar-refractivity contribution in [1.82, 2.24) is 4.31 Å². The third kappa shape index (κ3) is 2.43. The smallest absolute Gasteiger partial charge is 0.347 e. The third-order valence-electron chi connectivity index (χ3n) is 3.25. The van der Waals surface area contributed by atoms with E-state index < -0.39 is 16.0 Å². The average Bonchev–Trinajstić information content (AvgIpc) is 2.72. The molecule has 100 valence electrons. The fraction of sp³-hybridized carbons (Fsp3) is 0.545. The van der Waals surface area contributed by atoms with E-state index in [0.29, 0.717) is 12.5 Å². The van der Waals surface area contributed by atoms with Crippen LogP contribution in [-0.4, -0.2) is 37.4 Å². The summed E-state index contributed by atoms with van der Waals surface area (Å²) in [5.74, 6) is -0.780. The maximum atomic E-state index is 12.3. The predicted octanol–water partition coefficient (Wildman–Crippen LogP) is 1.87. The van der Waals surface area contributed by atoms with Gasteiger partial charge >= 0.3 is 5.97 Å². The molecule has 2 rings (SSSR count). The molecule has 7 heteroatoms. The molecule has 0 saturated heterocycles. The summed E-state index contributed by atoms with van der Waals surface area (Å²) >= 11 is 0.935. The van der Waals surface area contributed by atoms with Crippen LogP contribution in [0.1, 0.15) is 28.9 Å². The Hall–Kier alpha value is -0.920. The van der Waals surface area contributed by atoms with Gasteiger partial charge in [0.15, 0.2) is 0 Å². The van der Waals surface area contributed by atoms with Crippen molar-refractivity contribution in [3.63, 3.8) is 0 Å². The molecule has 1 aromatic heterocycles. The van der Waals surface area contributed by atoms with E-state index in [1.807, 2.05) is 0 Å². The Kier molecular flexibility index (Phi) is 3.74. The van der Waals surface area contributed by atoms with Gasteiger partial charge in [-0.1, -0.05) is 6.42 Å². The fourth-order valence-corrected chi connectivity index (χ4v) is 4.44. The van der Waals surface area contributed by atoms with Crippen molar-refractivity contribution in [2.24, 2.45) is 5.92 Å². The molecule has 0 aliphatic heterocycles. The van der Waals surface area contributed by atoms with Crippen LogP contribution in [0.2, 0.25) is 0 Å². The number of carbonyl (C=O) groups is 1. The van der Waals surface area contributed by atoms with E-state index >= 15 is 0 Å². The quantitative estimate of drug-likeness (QED) is 0.898. The molecule has 1 saturated carbocycles. The Bertz CT molecular complexity index is 545. The summed E-state index contributed by atoms with van der Waals surface area (Å²) in [6.07, 6.45) is 3.25. The van der Waals surface area contributed by atoms with Crippen LogP contribution in [0, 0.1) is 5.92 Å². The number of aromatic carboxylic acids is 1. The number of rotatable bonds is 5. The highest BCUT2D eigenvalue weighted by atomic mass is 32.2. The largest absolute Gasteiger partial charge is 0.477 e. The van der Waals surface area contributed by atoms with Crippen LogP contribution in [0.15, 0.2) is 16.3 Å². The van der Waals surface area contributed by atoms with Gasteiger partial charge in [0, 0.05) is 13.6 Å². The van der Waals surface area contributed by atoms with Gasteiger partial charge in [-0.2, -0.15) is 0 Å². The summed E-state index contributed by atoms with van der Waals surface area (Å²) in [7, 11) is -2.17. The number of carboxylic acid groups (broad SMARTS) is 1. The fourth-order valence-electron chi connectivity index (χ4n) is 1.96. The lowest BCUT2D eigenvalue weighted by Gasteiger charge is -2.29. The Labute approximate surface area is 110 Å². The highest BCUT2D eigenvalue weighted by Gasteiger charge is 2.30. The third-order valence-corrected chi connectivity index (χ3v) is 6.15. The van der Waals surface area contributed by atoms with Gasteiger partial charge < -0.3 is 5.11 Å². The van der Waals surface area contributed by atoms with Crippen LogP contribution in [0.4, 0.5) is 0 Å². The molecule has 1 N–H and O–H groups in total. The van der Waals surface area contributed by atoms with Crippen molar-refractivity contribution in [1.29, 1.82) is 0 Å². The van der Waals surface area contributed by atoms with Crippen LogP contribution >= 0.6 is 11.3 Å². The van der Waals surface area contributed by atoms with E-state index in [1.165, 1.54) is 22.8 Å². The van der Waals surface area contributed by atoms with E-state index in [0.717, 1.165) is 30.6 Å². The molecular weight excluding hydrogens is 274 g/mol. The zero-order valence-corrected chi connectivity index (χ0v) is 11.6. The maximum absolute atomic E-state index is 12.3. The SMILES string of the molecule is CN(CC1CCC1)S(=O)(=O)c1ccsc1C(=O)O. The van der Waals surface area contributed by atoms with Gasteiger partial charge in [0.2, 0.25) is 10.0 Å². The van der Waals surface area contributed by atoms with Gasteiger partial charge in [0.1, 0.15) is 9.77 Å². The number of sulfonamides is 1. The molecule has 0 unspecified atom stereocenters. The zero-order chi connectivity index (χ0) is 13.3. The summed E-state index contributed by atoms with van der Waals surface area (Å²) in [5, 5.41) is 10.5. The molecule has 1 aliphatic rings. The number of hydrogen-bond acceptors (Lipinski definition) is 4. The van der Waals surface area contributed by atoms with Gasteiger partial charge in [0.25, 0.3) is 0 Å². The Morgan fingerprint density at radius 3 is 2.72 bits per heavy atom. The van der Waals surface area contributed by atoms with E-state index in [4.69, 9.17) is 5.11 Å². The van der Waals surface area contributed by atoms with Crippen molar-refractivity contribution in [3.05, 3.63) is 16.3 Å². The second kappa shape index (κ2) is 4.99. The monoisotopic (exact) mass is 289 g/mol. The van der Waals surface area contributed by atoms with Gasteiger partial charge in [-0.3, -0.25) is 0 Å². The van der Waals surface area contributed by atoms with Crippen LogP contribution in [-0.2, 0) is 10.0 Å². The van der Waals surface area contributed by atoms with Gasteiger partial charge in [-0.25, -0.2) is 17.5 Å². The highest BCUT2D eigenvalue weighted by molar-refractivity contribution is 7.89. The second-order valence-corrected chi connectivity index (χ2v) is 7.43. The van der Waals surface area contributed by atoms with Gasteiger partial charge in [-0.05, 0) is 30.2 Å². The van der Waals surface area contributed by atoms with Crippen molar-refractivity contribution in [2.75, 3.05) is 13.6 Å². The predicted molar refractivity (Wildman–Crippen MR) is 68.4 cm³/mol. The first-order chi connectivity index (χ1) is 8.43. The van der Waals surface area contributed by atoms with E-state index in [9.17, 15) is 13.2 Å². The topological polar surface area (TPSA) is 74.7 Å². The number of thiophene rings is 1. The lowest BCUT2D eigenvalue weighted by Crippen LogP contribution is -2.34. The summed E-state index contributed by atoms with van der Waals surface area (Å²) in [6.45, 7) is 0.469. The lowest BCUT2D eigenvalue weighted by atomic mass is 9.86. The normalized spacial score (nSPS) is 16.8. The summed E-state index contributed by atoms with van der Waals surface area (Å²) < 4.78 is 25.8. The van der Waals surface area contributed by atoms with Crippen LogP contribution in [0.5, 0.6) is 0 Å². The number of carboxylic acids is 1. The molecule has 5 nitrogen and oxygen atoms in total. The molecule has 18 heavy (non-hydrogen) atoms. The molecule has 1 aromatic rings. The molecule has 1 heterocycles. The molecule has 0 spiro atoms. The molecule has 0 atom stereocenters. The van der Waals surface area contributed by atoms with Crippen LogP contribution in [0.25, 0.3) is 0 Å². The Balaban J connectivity index is 2.23. The zero-order valence-electron chi connectivity index (χ0n) is 10.00. The first-order valence-corrected chi connectivity index (χ1v) is 8.02. The van der Waals surface area contributed by atoms with Crippen LogP contribution in [0.3, 0.4) is 0 Å². The number of hydrogen-bond donors (Lipinski definition) is 1. The van der Waals surface area contributed by atoms with E-state index in [1.54, 1.807) is 0 Å². The van der Waals surface area contributed by atoms with Crippen molar-refractivity contribution < 1.29 is 18.3 Å². The van der Waals surface area contributed by atoms with E-state index in [2.05, 4.69) is 0 Å². The van der Waals surface area contributed by atoms with Gasteiger partial charge in [-0.15, -0.1) is 11.3 Å². The second-order valence-electron chi connectivity index (χ2n) is 4.50. The molecular formula is C11H15NO4S2. The summed E-state index contributed by atoms with van der Waals surface area (Å²) in [6, 6.07) is 1.36. The minimum absolute atomic E-state index is 0.0955. The first kappa shape index (κ1) is 13.5. The summed E-state index contributed by atoms with van der Waals surface area (Å²) in [5.41, 5.74) is 0. The standard InChI is InChI=1S/C11H15NO4S2/c1-12(7-8-3-2-4-8)18(15,16)9-5-6-17-10(9)11(13)14/h5-6,8H,2-4,7H2,1H3,(H,13,14). The van der Waals surface area contributed by atoms with Crippen LogP contribution < -0.4 is 0 Å².